The van der Waals surface area contributed by atoms with Gasteiger partial charge in [-0.25, -0.2) is 0 Å². The van der Waals surface area contributed by atoms with E-state index in [0.29, 0.717) is 10.9 Å². The molecule has 0 aromatic heterocycles. The highest BCUT2D eigenvalue weighted by Crippen LogP contribution is 2.22. The second kappa shape index (κ2) is 6.25. The maximum absolute atomic E-state index is 11.4. The van der Waals surface area contributed by atoms with Crippen LogP contribution in [0.15, 0.2) is 30.3 Å². The fraction of sp³-hybridized carbons (Fsp3) is 0.500. The van der Waals surface area contributed by atoms with Gasteiger partial charge in [-0.1, -0.05) is 30.3 Å². The molecule has 0 radical (unpaired) electrons. The van der Waals surface area contributed by atoms with Crippen LogP contribution >= 0.6 is 0 Å². The molecule has 0 aliphatic carbocycles. The standard InChI is InChI=1S/C14H19NO2S/c1-18-10-5-8-15(9-11-18)13(14(16)17)12-6-3-2-4-7-12/h2-4,6-7,13H,5,8-11H2,1H3. The van der Waals surface area contributed by atoms with Gasteiger partial charge in [-0.2, -0.15) is 0 Å². The summed E-state index contributed by atoms with van der Waals surface area (Å²) in [6, 6.07) is 8.82. The molecule has 1 heterocycles. The van der Waals surface area contributed by atoms with E-state index >= 15 is 0 Å². The van der Waals surface area contributed by atoms with E-state index in [9.17, 15) is 9.90 Å². The SMILES string of the molecule is C[S+]1CCCN(C(C(=O)[O-])c2ccccc2)CC1. The Morgan fingerprint density at radius 3 is 2.67 bits per heavy atom. The molecule has 2 rings (SSSR count). The lowest BCUT2D eigenvalue weighted by molar-refractivity contribution is -0.312. The molecule has 1 aromatic carbocycles. The summed E-state index contributed by atoms with van der Waals surface area (Å²) in [5.74, 6) is 1.32. The van der Waals surface area contributed by atoms with E-state index in [2.05, 4.69) is 11.2 Å². The number of hydrogen-bond donors (Lipinski definition) is 0. The fourth-order valence-corrected chi connectivity index (χ4v) is 3.76. The van der Waals surface area contributed by atoms with Crippen molar-refractivity contribution in [1.82, 2.24) is 4.90 Å². The van der Waals surface area contributed by atoms with Crippen LogP contribution in [0.4, 0.5) is 0 Å². The Morgan fingerprint density at radius 1 is 1.28 bits per heavy atom. The molecule has 2 unspecified atom stereocenters. The van der Waals surface area contributed by atoms with Gasteiger partial charge in [0.2, 0.25) is 0 Å². The Balaban J connectivity index is 2.17. The highest BCUT2D eigenvalue weighted by Gasteiger charge is 2.26. The predicted molar refractivity (Wildman–Crippen MR) is 73.4 cm³/mol. The van der Waals surface area contributed by atoms with Crippen LogP contribution in [0.25, 0.3) is 0 Å². The minimum absolute atomic E-state index is 0.431. The molecule has 1 fully saturated rings. The summed E-state index contributed by atoms with van der Waals surface area (Å²) in [5, 5.41) is 11.4. The Bertz CT molecular complexity index is 396. The van der Waals surface area contributed by atoms with Gasteiger partial charge >= 0.3 is 0 Å². The average Bonchev–Trinajstić information content (AvgIpc) is 2.56. The van der Waals surface area contributed by atoms with E-state index in [1.165, 1.54) is 5.75 Å². The third kappa shape index (κ3) is 3.27. The number of aliphatic carboxylic acids is 1. The van der Waals surface area contributed by atoms with Crippen molar-refractivity contribution < 1.29 is 9.90 Å². The zero-order chi connectivity index (χ0) is 13.0. The van der Waals surface area contributed by atoms with E-state index in [1.807, 2.05) is 30.3 Å². The molecule has 18 heavy (non-hydrogen) atoms. The van der Waals surface area contributed by atoms with Gasteiger partial charge in [-0.05, 0) is 16.5 Å². The molecule has 0 bridgehead atoms. The maximum Gasteiger partial charge on any atom is 0.120 e. The van der Waals surface area contributed by atoms with Gasteiger partial charge in [0.15, 0.2) is 0 Å². The lowest BCUT2D eigenvalue weighted by Crippen LogP contribution is -2.42. The van der Waals surface area contributed by atoms with Crippen LogP contribution in [0.5, 0.6) is 0 Å². The lowest BCUT2D eigenvalue weighted by atomic mass is 10.1. The highest BCUT2D eigenvalue weighted by atomic mass is 32.2. The van der Waals surface area contributed by atoms with Crippen molar-refractivity contribution in [2.45, 2.75) is 12.5 Å². The number of nitrogens with zero attached hydrogens (tertiary/aromatic N) is 1. The zero-order valence-corrected chi connectivity index (χ0v) is 11.5. The molecule has 0 spiro atoms. The van der Waals surface area contributed by atoms with Crippen molar-refractivity contribution in [1.29, 1.82) is 0 Å². The molecule has 0 saturated carbocycles. The normalized spacial score (nSPS) is 23.3. The number of carbonyl (C=O) groups excluding carboxylic acids is 1. The first-order chi connectivity index (χ1) is 8.68. The molecule has 3 nitrogen and oxygen atoms in total. The van der Waals surface area contributed by atoms with E-state index < -0.39 is 12.0 Å². The van der Waals surface area contributed by atoms with Crippen molar-refractivity contribution >= 4 is 16.9 Å². The molecule has 2 atom stereocenters. The quantitative estimate of drug-likeness (QED) is 0.745. The van der Waals surface area contributed by atoms with Gasteiger partial charge in [0.1, 0.15) is 11.5 Å². The van der Waals surface area contributed by atoms with Crippen LogP contribution in [-0.2, 0) is 15.7 Å². The second-order valence-electron chi connectivity index (χ2n) is 4.71. The number of benzene rings is 1. The largest absolute Gasteiger partial charge is 0.548 e. The molecule has 1 aliphatic rings. The van der Waals surface area contributed by atoms with Gasteiger partial charge in [0.05, 0.1) is 18.3 Å². The van der Waals surface area contributed by atoms with Crippen molar-refractivity contribution in [3.05, 3.63) is 35.9 Å². The first-order valence-electron chi connectivity index (χ1n) is 6.27. The molecule has 4 heteroatoms. The molecular formula is C14H19NO2S. The van der Waals surface area contributed by atoms with E-state index in [1.54, 1.807) is 0 Å². The lowest BCUT2D eigenvalue weighted by Gasteiger charge is -2.30. The van der Waals surface area contributed by atoms with E-state index in [-0.39, 0.29) is 0 Å². The molecular weight excluding hydrogens is 246 g/mol. The predicted octanol–water partition coefficient (Wildman–Crippen LogP) is 0.431. The van der Waals surface area contributed by atoms with Crippen LogP contribution in [0.3, 0.4) is 0 Å². The molecule has 0 N–H and O–H groups in total. The van der Waals surface area contributed by atoms with Crippen molar-refractivity contribution in [2.24, 2.45) is 0 Å². The molecule has 1 saturated heterocycles. The van der Waals surface area contributed by atoms with Crippen LogP contribution in [0.2, 0.25) is 0 Å². The Labute approximate surface area is 111 Å². The number of carboxylic acids is 1. The van der Waals surface area contributed by atoms with Gasteiger partial charge in [0, 0.05) is 19.5 Å². The Hall–Kier alpha value is -1.00. The first-order valence-corrected chi connectivity index (χ1v) is 8.24. The molecule has 1 aliphatic heterocycles. The summed E-state index contributed by atoms with van der Waals surface area (Å²) in [5.41, 5.74) is 0.829. The molecule has 98 valence electrons. The monoisotopic (exact) mass is 265 g/mol. The van der Waals surface area contributed by atoms with Crippen LogP contribution in [0, 0.1) is 0 Å². The number of rotatable bonds is 3. The summed E-state index contributed by atoms with van der Waals surface area (Å²) in [6.45, 7) is 1.71. The van der Waals surface area contributed by atoms with Gasteiger partial charge < -0.3 is 9.90 Å². The Kier molecular flexibility index (Phi) is 4.66. The summed E-state index contributed by atoms with van der Waals surface area (Å²) < 4.78 is 0. The Morgan fingerprint density at radius 2 is 2.00 bits per heavy atom. The summed E-state index contributed by atoms with van der Waals surface area (Å²) in [6.07, 6.45) is 3.34. The van der Waals surface area contributed by atoms with Gasteiger partial charge in [-0.15, -0.1) is 0 Å². The topological polar surface area (TPSA) is 43.4 Å². The molecule has 0 amide bonds. The maximum atomic E-state index is 11.4. The van der Waals surface area contributed by atoms with Crippen LogP contribution in [-0.4, -0.2) is 41.7 Å². The van der Waals surface area contributed by atoms with Crippen LogP contribution < -0.4 is 5.11 Å². The van der Waals surface area contributed by atoms with Gasteiger partial charge in [0.25, 0.3) is 0 Å². The third-order valence-corrected chi connectivity index (χ3v) is 5.23. The third-order valence-electron chi connectivity index (χ3n) is 3.37. The van der Waals surface area contributed by atoms with E-state index in [4.69, 9.17) is 0 Å². The average molecular weight is 265 g/mol. The van der Waals surface area contributed by atoms with Gasteiger partial charge in [-0.3, -0.25) is 4.90 Å². The minimum Gasteiger partial charge on any atom is -0.548 e. The first kappa shape index (κ1) is 13.4. The zero-order valence-electron chi connectivity index (χ0n) is 10.7. The number of carboxylic acid groups (broad SMARTS) is 1. The minimum atomic E-state index is -0.987. The smallest absolute Gasteiger partial charge is 0.120 e. The van der Waals surface area contributed by atoms with Crippen molar-refractivity contribution in [2.75, 3.05) is 30.9 Å². The summed E-state index contributed by atoms with van der Waals surface area (Å²) in [4.78, 5) is 13.5. The molecule has 1 aromatic rings. The van der Waals surface area contributed by atoms with Crippen molar-refractivity contribution in [3.8, 4) is 0 Å². The number of carbonyl (C=O) groups is 1. The van der Waals surface area contributed by atoms with E-state index in [0.717, 1.165) is 30.8 Å². The van der Waals surface area contributed by atoms with Crippen molar-refractivity contribution in [3.63, 3.8) is 0 Å². The van der Waals surface area contributed by atoms with Crippen LogP contribution in [0.1, 0.15) is 18.0 Å². The summed E-state index contributed by atoms with van der Waals surface area (Å²) in [7, 11) is 0.431. The second-order valence-corrected chi connectivity index (χ2v) is 7.09. The highest BCUT2D eigenvalue weighted by molar-refractivity contribution is 7.96. The fourth-order valence-electron chi connectivity index (χ4n) is 2.39. The number of hydrogen-bond acceptors (Lipinski definition) is 3. The summed E-state index contributed by atoms with van der Waals surface area (Å²) >= 11 is 0.